The van der Waals surface area contributed by atoms with Crippen LogP contribution in [0.5, 0.6) is 0 Å². The molecule has 138 valence electrons. The molecule has 1 fully saturated rings. The molecule has 0 atom stereocenters. The van der Waals surface area contributed by atoms with Crippen molar-refractivity contribution in [2.75, 3.05) is 26.2 Å². The van der Waals surface area contributed by atoms with Crippen LogP contribution in [0.1, 0.15) is 17.5 Å². The molecule has 1 aliphatic rings. The van der Waals surface area contributed by atoms with Gasteiger partial charge in [-0.1, -0.05) is 13.0 Å². The van der Waals surface area contributed by atoms with Crippen LogP contribution in [0.15, 0.2) is 46.8 Å². The lowest BCUT2D eigenvalue weighted by molar-refractivity contribution is 0.180. The summed E-state index contributed by atoms with van der Waals surface area (Å²) in [4.78, 5) is 3.37. The zero-order chi connectivity index (χ0) is 18.1. The molecule has 3 aromatic rings. The molecule has 6 nitrogen and oxygen atoms in total. The van der Waals surface area contributed by atoms with Crippen molar-refractivity contribution < 1.29 is 8.42 Å². The second kappa shape index (κ2) is 7.11. The zero-order valence-corrected chi connectivity index (χ0v) is 16.3. The lowest BCUT2D eigenvalue weighted by atomic mass is 10.3. The molecule has 0 N–H and O–H groups in total. The Hall–Kier alpha value is -1.74. The second-order valence-electron chi connectivity index (χ2n) is 6.46. The summed E-state index contributed by atoms with van der Waals surface area (Å²) in [6, 6.07) is 11.7. The minimum atomic E-state index is -3.36. The molecular formula is C18H22N4O2S2. The first-order valence-corrected chi connectivity index (χ1v) is 11.1. The van der Waals surface area contributed by atoms with Gasteiger partial charge in [-0.05, 0) is 36.8 Å². The standard InChI is InChI=1S/C18H22N4O2S2/c1-2-17-6-7-18(25-17)26(23,24)21-11-9-20(10-12-21)14-15-13-16-5-3-4-8-22(16)19-15/h3-8,13H,2,9-12,14H2,1H3. The molecule has 0 spiro atoms. The third-order valence-electron chi connectivity index (χ3n) is 4.72. The maximum atomic E-state index is 12.8. The fourth-order valence-corrected chi connectivity index (χ4v) is 6.11. The summed E-state index contributed by atoms with van der Waals surface area (Å²) in [5, 5.41) is 4.58. The maximum Gasteiger partial charge on any atom is 0.252 e. The minimum absolute atomic E-state index is 0.461. The number of piperazine rings is 1. The summed E-state index contributed by atoms with van der Waals surface area (Å²) in [7, 11) is -3.36. The number of sulfonamides is 1. The van der Waals surface area contributed by atoms with Crippen LogP contribution in [0, 0.1) is 0 Å². The normalized spacial score (nSPS) is 17.1. The van der Waals surface area contributed by atoms with Gasteiger partial charge in [0.15, 0.2) is 0 Å². The third-order valence-corrected chi connectivity index (χ3v) is 8.31. The van der Waals surface area contributed by atoms with Crippen molar-refractivity contribution in [2.24, 2.45) is 0 Å². The molecule has 8 heteroatoms. The molecule has 0 aromatic carbocycles. The Labute approximate surface area is 157 Å². The van der Waals surface area contributed by atoms with Crippen LogP contribution in [0.2, 0.25) is 0 Å². The number of aromatic nitrogens is 2. The molecule has 3 aromatic heterocycles. The summed E-state index contributed by atoms with van der Waals surface area (Å²) >= 11 is 1.38. The zero-order valence-electron chi connectivity index (χ0n) is 14.7. The van der Waals surface area contributed by atoms with Gasteiger partial charge in [-0.15, -0.1) is 11.3 Å². The van der Waals surface area contributed by atoms with Crippen LogP contribution in [0.25, 0.3) is 5.52 Å². The first-order chi connectivity index (χ1) is 12.6. The molecule has 0 aliphatic carbocycles. The Balaban J connectivity index is 1.40. The Bertz CT molecular complexity index is 968. The topological polar surface area (TPSA) is 57.9 Å². The predicted molar refractivity (Wildman–Crippen MR) is 103 cm³/mol. The van der Waals surface area contributed by atoms with Crippen molar-refractivity contribution in [2.45, 2.75) is 24.1 Å². The summed E-state index contributed by atoms with van der Waals surface area (Å²) in [5.41, 5.74) is 2.09. The summed E-state index contributed by atoms with van der Waals surface area (Å²) < 4.78 is 29.5. The molecule has 0 radical (unpaired) electrons. The summed E-state index contributed by atoms with van der Waals surface area (Å²) in [6.45, 7) is 5.28. The van der Waals surface area contributed by atoms with Crippen LogP contribution in [0.4, 0.5) is 0 Å². The van der Waals surface area contributed by atoms with Crippen LogP contribution in [0.3, 0.4) is 0 Å². The average molecular weight is 391 g/mol. The smallest absolute Gasteiger partial charge is 0.252 e. The first-order valence-electron chi connectivity index (χ1n) is 8.81. The molecule has 0 saturated carbocycles. The van der Waals surface area contributed by atoms with Gasteiger partial charge in [-0.3, -0.25) is 4.90 Å². The van der Waals surface area contributed by atoms with E-state index in [0.29, 0.717) is 17.3 Å². The SMILES string of the molecule is CCc1ccc(S(=O)(=O)N2CCN(Cc3cc4ccccn4n3)CC2)s1. The van der Waals surface area contributed by atoms with Crippen molar-refractivity contribution >= 4 is 26.9 Å². The fourth-order valence-electron chi connectivity index (χ4n) is 3.24. The van der Waals surface area contributed by atoms with Crippen LogP contribution in [-0.2, 0) is 23.0 Å². The van der Waals surface area contributed by atoms with E-state index in [1.807, 2.05) is 41.9 Å². The van der Waals surface area contributed by atoms with Gasteiger partial charge in [-0.2, -0.15) is 9.40 Å². The highest BCUT2D eigenvalue weighted by molar-refractivity contribution is 7.91. The number of pyridine rings is 1. The van der Waals surface area contributed by atoms with E-state index in [9.17, 15) is 8.42 Å². The number of fused-ring (bicyclic) bond motifs is 1. The molecule has 0 bridgehead atoms. The van der Waals surface area contributed by atoms with Gasteiger partial charge in [0, 0.05) is 43.8 Å². The molecule has 1 aliphatic heterocycles. The molecular weight excluding hydrogens is 368 g/mol. The van der Waals surface area contributed by atoms with E-state index < -0.39 is 10.0 Å². The lowest BCUT2D eigenvalue weighted by Gasteiger charge is -2.33. The lowest BCUT2D eigenvalue weighted by Crippen LogP contribution is -2.48. The number of nitrogens with zero attached hydrogens (tertiary/aromatic N) is 4. The second-order valence-corrected chi connectivity index (χ2v) is 9.79. The van der Waals surface area contributed by atoms with Crippen molar-refractivity contribution in [1.82, 2.24) is 18.8 Å². The van der Waals surface area contributed by atoms with Crippen LogP contribution >= 0.6 is 11.3 Å². The summed E-state index contributed by atoms with van der Waals surface area (Å²) in [6.07, 6.45) is 2.81. The third kappa shape index (κ3) is 3.42. The Morgan fingerprint density at radius 1 is 1.12 bits per heavy atom. The molecule has 4 heterocycles. The number of hydrogen-bond donors (Lipinski definition) is 0. The quantitative estimate of drug-likeness (QED) is 0.672. The summed E-state index contributed by atoms with van der Waals surface area (Å²) in [5.74, 6) is 0. The van der Waals surface area contributed by atoms with Gasteiger partial charge in [0.2, 0.25) is 0 Å². The number of rotatable bonds is 5. The molecule has 0 amide bonds. The maximum absolute atomic E-state index is 12.8. The van der Waals surface area contributed by atoms with E-state index in [2.05, 4.69) is 16.1 Å². The number of aryl methyl sites for hydroxylation is 1. The highest BCUT2D eigenvalue weighted by Gasteiger charge is 2.29. The van der Waals surface area contributed by atoms with Crippen molar-refractivity contribution in [3.8, 4) is 0 Å². The first kappa shape index (κ1) is 17.7. The highest BCUT2D eigenvalue weighted by Crippen LogP contribution is 2.26. The molecule has 1 saturated heterocycles. The fraction of sp³-hybridized carbons (Fsp3) is 0.389. The monoisotopic (exact) mass is 390 g/mol. The van der Waals surface area contributed by atoms with Gasteiger partial charge in [0.05, 0.1) is 11.2 Å². The predicted octanol–water partition coefficient (Wildman–Crippen LogP) is 2.46. The average Bonchev–Trinajstić information content (AvgIpc) is 3.29. The van der Waals surface area contributed by atoms with E-state index in [1.165, 1.54) is 11.3 Å². The van der Waals surface area contributed by atoms with Crippen molar-refractivity contribution in [3.05, 3.63) is 53.2 Å². The van der Waals surface area contributed by atoms with E-state index in [4.69, 9.17) is 0 Å². The Kier molecular flexibility index (Phi) is 4.83. The van der Waals surface area contributed by atoms with Gasteiger partial charge < -0.3 is 0 Å². The van der Waals surface area contributed by atoms with Crippen molar-refractivity contribution in [3.63, 3.8) is 0 Å². The van der Waals surface area contributed by atoms with Crippen LogP contribution < -0.4 is 0 Å². The Morgan fingerprint density at radius 2 is 1.92 bits per heavy atom. The van der Waals surface area contributed by atoms with Crippen LogP contribution in [-0.4, -0.2) is 53.4 Å². The van der Waals surface area contributed by atoms with Gasteiger partial charge in [0.1, 0.15) is 4.21 Å². The van der Waals surface area contributed by atoms with E-state index >= 15 is 0 Å². The molecule has 0 unspecified atom stereocenters. The minimum Gasteiger partial charge on any atom is -0.295 e. The van der Waals surface area contributed by atoms with Gasteiger partial charge >= 0.3 is 0 Å². The van der Waals surface area contributed by atoms with E-state index in [1.54, 1.807) is 10.4 Å². The number of hydrogen-bond acceptors (Lipinski definition) is 5. The van der Waals surface area contributed by atoms with Crippen molar-refractivity contribution in [1.29, 1.82) is 0 Å². The molecule has 26 heavy (non-hydrogen) atoms. The van der Waals surface area contributed by atoms with E-state index in [0.717, 1.165) is 42.1 Å². The molecule has 4 rings (SSSR count). The largest absolute Gasteiger partial charge is 0.295 e. The number of thiophene rings is 1. The van der Waals surface area contributed by atoms with Gasteiger partial charge in [-0.25, -0.2) is 12.9 Å². The Morgan fingerprint density at radius 3 is 2.62 bits per heavy atom. The highest BCUT2D eigenvalue weighted by atomic mass is 32.2. The van der Waals surface area contributed by atoms with E-state index in [-0.39, 0.29) is 0 Å². The van der Waals surface area contributed by atoms with Gasteiger partial charge in [0.25, 0.3) is 10.0 Å².